The average Bonchev–Trinajstić information content (AvgIpc) is 3.14. The number of hydrogen-bond donors (Lipinski definition) is 0. The summed E-state index contributed by atoms with van der Waals surface area (Å²) in [5, 5.41) is 0.620. The fraction of sp³-hybridized carbons (Fsp3) is 0.350. The van der Waals surface area contributed by atoms with E-state index in [0.717, 1.165) is 30.8 Å². The van der Waals surface area contributed by atoms with Crippen LogP contribution in [0.4, 0.5) is 0 Å². The minimum atomic E-state index is -0.0185. The predicted octanol–water partition coefficient (Wildman–Crippen LogP) is 4.17. The number of carbonyl (C=O) groups excluding carboxylic acids is 1. The molecule has 1 aliphatic heterocycles. The number of methoxy groups -OCH3 is 1. The Morgan fingerprint density at radius 3 is 2.76 bits per heavy atom. The number of ether oxygens (including phenoxy) is 2. The topological polar surface area (TPSA) is 38.8 Å². The molecule has 1 atom stereocenters. The van der Waals surface area contributed by atoms with E-state index in [4.69, 9.17) is 21.1 Å². The zero-order valence-electron chi connectivity index (χ0n) is 14.3. The van der Waals surface area contributed by atoms with Crippen molar-refractivity contribution in [3.05, 3.63) is 64.7 Å². The molecule has 1 aliphatic rings. The summed E-state index contributed by atoms with van der Waals surface area (Å²) < 4.78 is 11.0. The first-order valence-electron chi connectivity index (χ1n) is 8.45. The van der Waals surface area contributed by atoms with Crippen LogP contribution in [0.3, 0.4) is 0 Å². The molecule has 0 aromatic heterocycles. The number of carbonyl (C=O) groups is 1. The molecule has 0 radical (unpaired) electrons. The molecule has 132 valence electrons. The Kier molecular flexibility index (Phi) is 5.95. The van der Waals surface area contributed by atoms with Crippen molar-refractivity contribution in [3.8, 4) is 5.75 Å². The molecular weight excluding hydrogens is 338 g/mol. The maximum absolute atomic E-state index is 13.0. The van der Waals surface area contributed by atoms with Crippen molar-refractivity contribution in [1.29, 1.82) is 0 Å². The third kappa shape index (κ3) is 4.74. The lowest BCUT2D eigenvalue weighted by molar-refractivity contribution is 0.0507. The zero-order valence-corrected chi connectivity index (χ0v) is 15.0. The van der Waals surface area contributed by atoms with Crippen molar-refractivity contribution in [2.24, 2.45) is 0 Å². The minimum Gasteiger partial charge on any atom is -0.497 e. The molecule has 3 rings (SSSR count). The fourth-order valence-electron chi connectivity index (χ4n) is 3.02. The average molecular weight is 360 g/mol. The Bertz CT molecular complexity index is 711. The normalized spacial score (nSPS) is 16.6. The Labute approximate surface area is 153 Å². The standard InChI is InChI=1S/C20H22ClNO3/c1-24-18-5-2-4-15(12-18)13-22(14-19-6-3-11-25-19)20(23)16-7-9-17(21)10-8-16/h2,4-5,7-10,12,19H,3,6,11,13-14H2,1H3. The Morgan fingerprint density at radius 1 is 1.28 bits per heavy atom. The molecule has 1 heterocycles. The molecule has 4 nitrogen and oxygen atoms in total. The second kappa shape index (κ2) is 8.37. The summed E-state index contributed by atoms with van der Waals surface area (Å²) in [7, 11) is 1.64. The third-order valence-electron chi connectivity index (χ3n) is 4.33. The van der Waals surface area contributed by atoms with Crippen LogP contribution in [0.25, 0.3) is 0 Å². The molecule has 1 saturated heterocycles. The van der Waals surface area contributed by atoms with Crippen LogP contribution in [-0.4, -0.2) is 37.2 Å². The maximum Gasteiger partial charge on any atom is 0.254 e. The first-order valence-corrected chi connectivity index (χ1v) is 8.83. The van der Waals surface area contributed by atoms with E-state index in [9.17, 15) is 4.79 Å². The van der Waals surface area contributed by atoms with E-state index in [1.165, 1.54) is 0 Å². The highest BCUT2D eigenvalue weighted by Crippen LogP contribution is 2.20. The summed E-state index contributed by atoms with van der Waals surface area (Å²) in [5.41, 5.74) is 1.66. The van der Waals surface area contributed by atoms with Gasteiger partial charge in [-0.3, -0.25) is 4.79 Å². The molecule has 0 spiro atoms. The molecule has 1 unspecified atom stereocenters. The molecule has 25 heavy (non-hydrogen) atoms. The van der Waals surface area contributed by atoms with Crippen LogP contribution in [0.15, 0.2) is 48.5 Å². The molecule has 0 bridgehead atoms. The number of benzene rings is 2. The van der Waals surface area contributed by atoms with Gasteiger partial charge in [0.1, 0.15) is 5.75 Å². The van der Waals surface area contributed by atoms with Crippen LogP contribution in [0.5, 0.6) is 5.75 Å². The summed E-state index contributed by atoms with van der Waals surface area (Å²) in [6.45, 7) is 1.87. The summed E-state index contributed by atoms with van der Waals surface area (Å²) in [5.74, 6) is 0.767. The Hall–Kier alpha value is -2.04. The first-order chi connectivity index (χ1) is 12.2. The lowest BCUT2D eigenvalue weighted by atomic mass is 10.1. The van der Waals surface area contributed by atoms with Gasteiger partial charge in [-0.25, -0.2) is 0 Å². The van der Waals surface area contributed by atoms with E-state index >= 15 is 0 Å². The Balaban J connectivity index is 1.80. The van der Waals surface area contributed by atoms with Crippen molar-refractivity contribution < 1.29 is 14.3 Å². The molecule has 0 aliphatic carbocycles. The predicted molar refractivity (Wildman–Crippen MR) is 98.2 cm³/mol. The van der Waals surface area contributed by atoms with Gasteiger partial charge in [0.2, 0.25) is 0 Å². The highest BCUT2D eigenvalue weighted by molar-refractivity contribution is 6.30. The van der Waals surface area contributed by atoms with Crippen molar-refractivity contribution in [1.82, 2.24) is 4.90 Å². The van der Waals surface area contributed by atoms with Gasteiger partial charge in [-0.15, -0.1) is 0 Å². The van der Waals surface area contributed by atoms with E-state index in [-0.39, 0.29) is 12.0 Å². The van der Waals surface area contributed by atoms with Crippen LogP contribution >= 0.6 is 11.6 Å². The van der Waals surface area contributed by atoms with Gasteiger partial charge in [0.25, 0.3) is 5.91 Å². The second-order valence-electron chi connectivity index (χ2n) is 6.18. The van der Waals surface area contributed by atoms with E-state index < -0.39 is 0 Å². The van der Waals surface area contributed by atoms with Gasteiger partial charge in [-0.1, -0.05) is 23.7 Å². The van der Waals surface area contributed by atoms with Crippen molar-refractivity contribution in [3.63, 3.8) is 0 Å². The van der Waals surface area contributed by atoms with Gasteiger partial charge in [0, 0.05) is 30.3 Å². The number of hydrogen-bond acceptors (Lipinski definition) is 3. The van der Waals surface area contributed by atoms with Crippen LogP contribution in [-0.2, 0) is 11.3 Å². The van der Waals surface area contributed by atoms with Crippen LogP contribution in [0.2, 0.25) is 5.02 Å². The van der Waals surface area contributed by atoms with Gasteiger partial charge in [-0.2, -0.15) is 0 Å². The molecule has 2 aromatic carbocycles. The number of rotatable bonds is 6. The van der Waals surface area contributed by atoms with E-state index in [0.29, 0.717) is 23.7 Å². The molecule has 1 amide bonds. The molecule has 5 heteroatoms. The summed E-state index contributed by atoms with van der Waals surface area (Å²) in [4.78, 5) is 14.8. The lowest BCUT2D eigenvalue weighted by Gasteiger charge is -2.26. The van der Waals surface area contributed by atoms with Gasteiger partial charge < -0.3 is 14.4 Å². The third-order valence-corrected chi connectivity index (χ3v) is 4.59. The quantitative estimate of drug-likeness (QED) is 0.777. The SMILES string of the molecule is COc1cccc(CN(CC2CCCO2)C(=O)c2ccc(Cl)cc2)c1. The smallest absolute Gasteiger partial charge is 0.254 e. The highest BCUT2D eigenvalue weighted by atomic mass is 35.5. The van der Waals surface area contributed by atoms with Gasteiger partial charge in [0.15, 0.2) is 0 Å². The van der Waals surface area contributed by atoms with E-state index in [2.05, 4.69) is 0 Å². The minimum absolute atomic E-state index is 0.0185. The number of amides is 1. The maximum atomic E-state index is 13.0. The summed E-state index contributed by atoms with van der Waals surface area (Å²) in [6, 6.07) is 14.8. The van der Waals surface area contributed by atoms with Gasteiger partial charge >= 0.3 is 0 Å². The lowest BCUT2D eigenvalue weighted by Crippen LogP contribution is -2.37. The second-order valence-corrected chi connectivity index (χ2v) is 6.62. The van der Waals surface area contributed by atoms with E-state index in [1.54, 1.807) is 31.4 Å². The summed E-state index contributed by atoms with van der Waals surface area (Å²) in [6.07, 6.45) is 2.14. The highest BCUT2D eigenvalue weighted by Gasteiger charge is 2.23. The van der Waals surface area contributed by atoms with Gasteiger partial charge in [0.05, 0.1) is 13.2 Å². The number of halogens is 1. The van der Waals surface area contributed by atoms with Crippen LogP contribution in [0, 0.1) is 0 Å². The van der Waals surface area contributed by atoms with E-state index in [1.807, 2.05) is 29.2 Å². The fourth-order valence-corrected chi connectivity index (χ4v) is 3.15. The van der Waals surface area contributed by atoms with Crippen LogP contribution < -0.4 is 4.74 Å². The summed E-state index contributed by atoms with van der Waals surface area (Å²) >= 11 is 5.94. The van der Waals surface area contributed by atoms with Crippen LogP contribution in [0.1, 0.15) is 28.8 Å². The molecule has 0 saturated carbocycles. The van der Waals surface area contributed by atoms with Crippen molar-refractivity contribution in [2.75, 3.05) is 20.3 Å². The molecule has 2 aromatic rings. The largest absolute Gasteiger partial charge is 0.497 e. The van der Waals surface area contributed by atoms with Crippen molar-refractivity contribution >= 4 is 17.5 Å². The Morgan fingerprint density at radius 2 is 2.08 bits per heavy atom. The molecule has 1 fully saturated rings. The number of nitrogens with zero attached hydrogens (tertiary/aromatic N) is 1. The van der Waals surface area contributed by atoms with Gasteiger partial charge in [-0.05, 0) is 54.8 Å². The first kappa shape index (κ1) is 17.8. The molecule has 0 N–H and O–H groups in total. The zero-order chi connectivity index (χ0) is 17.6. The van der Waals surface area contributed by atoms with Crippen molar-refractivity contribution in [2.45, 2.75) is 25.5 Å². The monoisotopic (exact) mass is 359 g/mol. The molecular formula is C20H22ClNO3.